The van der Waals surface area contributed by atoms with Crippen molar-refractivity contribution in [3.05, 3.63) is 23.8 Å². The highest BCUT2D eigenvalue weighted by Crippen LogP contribution is 2.32. The number of allylic oxidation sites excluding steroid dienone is 3. The lowest BCUT2D eigenvalue weighted by Gasteiger charge is -2.27. The van der Waals surface area contributed by atoms with Gasteiger partial charge in [-0.25, -0.2) is 0 Å². The van der Waals surface area contributed by atoms with Crippen molar-refractivity contribution in [1.29, 1.82) is 0 Å². The number of hydrogen-bond acceptors (Lipinski definition) is 0. The van der Waals surface area contributed by atoms with Gasteiger partial charge >= 0.3 is 0 Å². The topological polar surface area (TPSA) is 0 Å². The third kappa shape index (κ3) is 3.80. The Hall–Kier alpha value is -0.520. The minimum Gasteiger partial charge on any atom is -0.0998 e. The van der Waals surface area contributed by atoms with E-state index >= 15 is 0 Å². The first kappa shape index (κ1) is 12.5. The number of hydrogen-bond donors (Lipinski definition) is 0. The standard InChI is InChI=1S/C11H18.C2H6/c1-8(2)11-6-5-9(3)7-10(11)4;1-2/h7,10-11H,1,5-6H2,2-4H3;1-2H3/t10-,11?;/m1./s1. The van der Waals surface area contributed by atoms with Crippen molar-refractivity contribution < 1.29 is 0 Å². The molecule has 0 aliphatic heterocycles. The van der Waals surface area contributed by atoms with Crippen molar-refractivity contribution in [1.82, 2.24) is 0 Å². The third-order valence-corrected chi connectivity index (χ3v) is 2.66. The fourth-order valence-electron chi connectivity index (χ4n) is 1.99. The summed E-state index contributed by atoms with van der Waals surface area (Å²) in [5, 5.41) is 0. The van der Waals surface area contributed by atoms with Gasteiger partial charge in [0, 0.05) is 0 Å². The van der Waals surface area contributed by atoms with E-state index in [4.69, 9.17) is 0 Å². The van der Waals surface area contributed by atoms with Crippen LogP contribution < -0.4 is 0 Å². The minimum absolute atomic E-state index is 0.709. The molecule has 0 saturated heterocycles. The Kier molecular flexibility index (Phi) is 5.77. The first-order valence-electron chi connectivity index (χ1n) is 5.44. The van der Waals surface area contributed by atoms with Crippen molar-refractivity contribution in [3.8, 4) is 0 Å². The van der Waals surface area contributed by atoms with Crippen LogP contribution in [0.25, 0.3) is 0 Å². The highest BCUT2D eigenvalue weighted by atomic mass is 14.2. The molecule has 0 aromatic rings. The van der Waals surface area contributed by atoms with Crippen LogP contribution in [0.15, 0.2) is 23.8 Å². The lowest BCUT2D eigenvalue weighted by molar-refractivity contribution is 0.428. The summed E-state index contributed by atoms with van der Waals surface area (Å²) in [6.07, 6.45) is 4.96. The summed E-state index contributed by atoms with van der Waals surface area (Å²) in [5.41, 5.74) is 2.90. The molecule has 0 aromatic heterocycles. The highest BCUT2D eigenvalue weighted by Gasteiger charge is 2.19. The van der Waals surface area contributed by atoms with Crippen LogP contribution in [0, 0.1) is 11.8 Å². The van der Waals surface area contributed by atoms with Gasteiger partial charge in [-0.3, -0.25) is 0 Å². The zero-order valence-corrected chi connectivity index (χ0v) is 9.85. The summed E-state index contributed by atoms with van der Waals surface area (Å²) >= 11 is 0. The van der Waals surface area contributed by atoms with E-state index in [1.54, 1.807) is 5.57 Å². The lowest BCUT2D eigenvalue weighted by Crippen LogP contribution is -2.15. The molecule has 0 heteroatoms. The highest BCUT2D eigenvalue weighted by molar-refractivity contribution is 5.12. The van der Waals surface area contributed by atoms with Crippen LogP contribution in [0.3, 0.4) is 0 Å². The molecule has 0 N–H and O–H groups in total. The van der Waals surface area contributed by atoms with Crippen LogP contribution >= 0.6 is 0 Å². The Morgan fingerprint density at radius 3 is 2.38 bits per heavy atom. The quantitative estimate of drug-likeness (QED) is 0.518. The molecule has 1 rings (SSSR count). The largest absolute Gasteiger partial charge is 0.0998 e. The van der Waals surface area contributed by atoms with Crippen LogP contribution in [0.2, 0.25) is 0 Å². The summed E-state index contributed by atoms with van der Waals surface area (Å²) in [6, 6.07) is 0. The van der Waals surface area contributed by atoms with Crippen LogP contribution in [-0.2, 0) is 0 Å². The normalized spacial score (nSPS) is 27.0. The average Bonchev–Trinajstić information content (AvgIpc) is 2.07. The molecule has 0 saturated carbocycles. The Morgan fingerprint density at radius 1 is 1.46 bits per heavy atom. The molecular formula is C13H24. The maximum Gasteiger partial charge on any atom is -0.0145 e. The van der Waals surface area contributed by atoms with E-state index in [0.29, 0.717) is 5.92 Å². The Labute approximate surface area is 83.7 Å². The predicted octanol–water partition coefficient (Wildman–Crippen LogP) is 4.58. The lowest BCUT2D eigenvalue weighted by atomic mass is 9.79. The predicted molar refractivity (Wildman–Crippen MR) is 61.8 cm³/mol. The van der Waals surface area contributed by atoms with E-state index in [9.17, 15) is 0 Å². The van der Waals surface area contributed by atoms with Gasteiger partial charge in [0.25, 0.3) is 0 Å². The summed E-state index contributed by atoms with van der Waals surface area (Å²) in [7, 11) is 0. The van der Waals surface area contributed by atoms with Gasteiger partial charge in [-0.05, 0) is 38.5 Å². The van der Waals surface area contributed by atoms with Gasteiger partial charge in [0.1, 0.15) is 0 Å². The van der Waals surface area contributed by atoms with Gasteiger partial charge < -0.3 is 0 Å². The summed E-state index contributed by atoms with van der Waals surface area (Å²) in [6.45, 7) is 14.7. The van der Waals surface area contributed by atoms with Crippen molar-refractivity contribution in [2.24, 2.45) is 11.8 Å². The SMILES string of the molecule is C=C(C)C1CCC(C)=C[C@H]1C.CC. The van der Waals surface area contributed by atoms with E-state index < -0.39 is 0 Å². The van der Waals surface area contributed by atoms with Crippen molar-refractivity contribution in [3.63, 3.8) is 0 Å². The van der Waals surface area contributed by atoms with E-state index in [0.717, 1.165) is 5.92 Å². The van der Waals surface area contributed by atoms with E-state index in [1.807, 2.05) is 13.8 Å². The van der Waals surface area contributed by atoms with Crippen LogP contribution in [0.5, 0.6) is 0 Å². The summed E-state index contributed by atoms with van der Waals surface area (Å²) in [4.78, 5) is 0. The summed E-state index contributed by atoms with van der Waals surface area (Å²) < 4.78 is 0. The smallest absolute Gasteiger partial charge is 0.0145 e. The first-order chi connectivity index (χ1) is 6.11. The molecule has 0 radical (unpaired) electrons. The molecule has 0 bridgehead atoms. The maximum atomic E-state index is 4.02. The van der Waals surface area contributed by atoms with Gasteiger partial charge in [-0.15, -0.1) is 0 Å². The first-order valence-corrected chi connectivity index (χ1v) is 5.44. The molecule has 0 heterocycles. The molecule has 1 unspecified atom stereocenters. The van der Waals surface area contributed by atoms with E-state index in [2.05, 4.69) is 33.4 Å². The maximum absolute atomic E-state index is 4.02. The molecule has 0 fully saturated rings. The summed E-state index contributed by atoms with van der Waals surface area (Å²) in [5.74, 6) is 1.44. The molecule has 0 spiro atoms. The van der Waals surface area contributed by atoms with Crippen LogP contribution in [-0.4, -0.2) is 0 Å². The van der Waals surface area contributed by atoms with Gasteiger partial charge in [0.05, 0.1) is 0 Å². The second kappa shape index (κ2) is 6.01. The fraction of sp³-hybridized carbons (Fsp3) is 0.692. The second-order valence-electron chi connectivity index (χ2n) is 3.86. The molecular weight excluding hydrogens is 156 g/mol. The van der Waals surface area contributed by atoms with Crippen molar-refractivity contribution in [2.45, 2.75) is 47.5 Å². The average molecular weight is 180 g/mol. The molecule has 0 amide bonds. The molecule has 2 atom stereocenters. The van der Waals surface area contributed by atoms with Gasteiger partial charge in [0.15, 0.2) is 0 Å². The second-order valence-corrected chi connectivity index (χ2v) is 3.86. The molecule has 0 aromatic carbocycles. The Morgan fingerprint density at radius 2 is 2.00 bits per heavy atom. The van der Waals surface area contributed by atoms with Crippen molar-refractivity contribution in [2.75, 3.05) is 0 Å². The third-order valence-electron chi connectivity index (χ3n) is 2.66. The van der Waals surface area contributed by atoms with E-state index in [1.165, 1.54) is 18.4 Å². The monoisotopic (exact) mass is 180 g/mol. The Bertz CT molecular complexity index is 186. The Balaban J connectivity index is 0.000000671. The van der Waals surface area contributed by atoms with Gasteiger partial charge in [0.2, 0.25) is 0 Å². The van der Waals surface area contributed by atoms with Crippen molar-refractivity contribution >= 4 is 0 Å². The van der Waals surface area contributed by atoms with Gasteiger partial charge in [-0.1, -0.05) is 44.6 Å². The molecule has 1 aliphatic rings. The van der Waals surface area contributed by atoms with E-state index in [-0.39, 0.29) is 0 Å². The van der Waals surface area contributed by atoms with Gasteiger partial charge in [-0.2, -0.15) is 0 Å². The zero-order valence-electron chi connectivity index (χ0n) is 9.85. The van der Waals surface area contributed by atoms with Crippen LogP contribution in [0.1, 0.15) is 47.5 Å². The fourth-order valence-corrected chi connectivity index (χ4v) is 1.99. The van der Waals surface area contributed by atoms with Crippen LogP contribution in [0.4, 0.5) is 0 Å². The molecule has 76 valence electrons. The minimum atomic E-state index is 0.709. The molecule has 1 aliphatic carbocycles. The number of rotatable bonds is 1. The molecule has 13 heavy (non-hydrogen) atoms. The zero-order chi connectivity index (χ0) is 10.4. The molecule has 0 nitrogen and oxygen atoms in total.